The summed E-state index contributed by atoms with van der Waals surface area (Å²) in [4.78, 5) is 10.5. The number of aliphatic hydroxyl groups excluding tert-OH is 1. The molecule has 0 heterocycles. The van der Waals surface area contributed by atoms with E-state index in [9.17, 15) is 9.90 Å². The third kappa shape index (κ3) is 2.65. The first kappa shape index (κ1) is 10.9. The van der Waals surface area contributed by atoms with Crippen molar-refractivity contribution in [2.24, 2.45) is 0 Å². The highest BCUT2D eigenvalue weighted by atomic mass is 127. The summed E-state index contributed by atoms with van der Waals surface area (Å²) in [5.41, 5.74) is 0.374. The van der Waals surface area contributed by atoms with Crippen molar-refractivity contribution in [3.05, 3.63) is 31.8 Å². The first-order valence-electron chi connectivity index (χ1n) is 3.38. The fourth-order valence-electron chi connectivity index (χ4n) is 0.857. The molecule has 0 fully saturated rings. The number of halogens is 2. The minimum atomic E-state index is -1.47. The Kier molecular flexibility index (Phi) is 3.69. The van der Waals surface area contributed by atoms with Gasteiger partial charge >= 0.3 is 5.97 Å². The number of benzene rings is 1. The molecule has 0 saturated heterocycles. The molecule has 0 aromatic heterocycles. The van der Waals surface area contributed by atoms with Crippen molar-refractivity contribution in [2.45, 2.75) is 6.10 Å². The minimum Gasteiger partial charge on any atom is -0.479 e. The van der Waals surface area contributed by atoms with Gasteiger partial charge < -0.3 is 10.2 Å². The molecule has 0 aliphatic heterocycles. The number of carboxylic acids is 1. The average molecular weight is 357 g/mol. The molecule has 1 aromatic carbocycles. The lowest BCUT2D eigenvalue weighted by atomic mass is 10.1. The normalized spacial score (nSPS) is 12.5. The van der Waals surface area contributed by atoms with Gasteiger partial charge in [0.1, 0.15) is 0 Å². The molecular weight excluding hydrogens is 351 g/mol. The van der Waals surface area contributed by atoms with Crippen LogP contribution in [-0.4, -0.2) is 16.2 Å². The predicted molar refractivity (Wildman–Crippen MR) is 59.5 cm³/mol. The Bertz CT molecular complexity index is 340. The Labute approximate surface area is 97.0 Å². The van der Waals surface area contributed by atoms with Crippen molar-refractivity contribution in [3.8, 4) is 0 Å². The van der Waals surface area contributed by atoms with Crippen LogP contribution in [0.4, 0.5) is 0 Å². The zero-order valence-electron chi connectivity index (χ0n) is 6.37. The zero-order valence-corrected chi connectivity index (χ0v) is 10.1. The number of aliphatic hydroxyl groups is 1. The van der Waals surface area contributed by atoms with E-state index in [-0.39, 0.29) is 0 Å². The van der Waals surface area contributed by atoms with Crippen LogP contribution in [0.5, 0.6) is 0 Å². The largest absolute Gasteiger partial charge is 0.479 e. The van der Waals surface area contributed by atoms with Crippen LogP contribution in [0.1, 0.15) is 11.7 Å². The van der Waals surface area contributed by atoms with Gasteiger partial charge in [0, 0.05) is 13.6 Å². The van der Waals surface area contributed by atoms with Gasteiger partial charge in [-0.15, -0.1) is 0 Å². The molecule has 0 amide bonds. The maximum atomic E-state index is 10.5. The van der Waals surface area contributed by atoms with E-state index < -0.39 is 12.1 Å². The lowest BCUT2D eigenvalue weighted by Gasteiger charge is -2.08. The number of hydrogen-bond donors (Lipinski definition) is 2. The van der Waals surface area contributed by atoms with Crippen LogP contribution in [0, 0.1) is 3.57 Å². The van der Waals surface area contributed by atoms with Crippen molar-refractivity contribution >= 4 is 44.5 Å². The second kappa shape index (κ2) is 4.39. The Morgan fingerprint density at radius 2 is 2.15 bits per heavy atom. The molecule has 13 heavy (non-hydrogen) atoms. The fourth-order valence-corrected chi connectivity index (χ4v) is 1.84. The Hall–Kier alpha value is -0.140. The van der Waals surface area contributed by atoms with E-state index in [2.05, 4.69) is 38.5 Å². The predicted octanol–water partition coefficient (Wildman–Crippen LogP) is 2.17. The summed E-state index contributed by atoms with van der Waals surface area (Å²) >= 11 is 5.23. The standard InChI is InChI=1S/C8H6BrIO3/c9-6-2-1-4(10)3-5(6)7(11)8(12)13/h1-3,7,11H,(H,12,13)/t7-/m1/s1. The molecule has 70 valence electrons. The first-order valence-corrected chi connectivity index (χ1v) is 5.25. The summed E-state index contributed by atoms with van der Waals surface area (Å²) in [6.45, 7) is 0. The highest BCUT2D eigenvalue weighted by Gasteiger charge is 2.18. The summed E-state index contributed by atoms with van der Waals surface area (Å²) < 4.78 is 1.49. The Morgan fingerprint density at radius 3 is 2.69 bits per heavy atom. The van der Waals surface area contributed by atoms with Crippen molar-refractivity contribution in [1.82, 2.24) is 0 Å². The second-order valence-electron chi connectivity index (χ2n) is 2.41. The summed E-state index contributed by atoms with van der Waals surface area (Å²) in [6.07, 6.45) is -1.47. The quantitative estimate of drug-likeness (QED) is 0.798. The van der Waals surface area contributed by atoms with Crippen molar-refractivity contribution in [3.63, 3.8) is 0 Å². The molecule has 0 saturated carbocycles. The highest BCUT2D eigenvalue weighted by molar-refractivity contribution is 14.1. The fraction of sp³-hybridized carbons (Fsp3) is 0.125. The molecule has 0 aliphatic carbocycles. The minimum absolute atomic E-state index is 0.374. The van der Waals surface area contributed by atoms with Crippen LogP contribution in [0.3, 0.4) is 0 Å². The van der Waals surface area contributed by atoms with E-state index in [0.717, 1.165) is 3.57 Å². The summed E-state index contributed by atoms with van der Waals surface area (Å²) in [6, 6.07) is 5.16. The van der Waals surface area contributed by atoms with Crippen LogP contribution in [0.15, 0.2) is 22.7 Å². The molecule has 0 spiro atoms. The van der Waals surface area contributed by atoms with E-state index in [4.69, 9.17) is 5.11 Å². The third-order valence-electron chi connectivity index (χ3n) is 1.49. The second-order valence-corrected chi connectivity index (χ2v) is 4.51. The van der Waals surface area contributed by atoms with E-state index in [0.29, 0.717) is 10.0 Å². The van der Waals surface area contributed by atoms with E-state index >= 15 is 0 Å². The maximum absolute atomic E-state index is 10.5. The molecular formula is C8H6BrIO3. The van der Waals surface area contributed by atoms with Crippen molar-refractivity contribution < 1.29 is 15.0 Å². The molecule has 1 atom stereocenters. The third-order valence-corrected chi connectivity index (χ3v) is 2.88. The highest BCUT2D eigenvalue weighted by Crippen LogP contribution is 2.25. The molecule has 0 unspecified atom stereocenters. The number of rotatable bonds is 2. The number of carbonyl (C=O) groups is 1. The summed E-state index contributed by atoms with van der Waals surface area (Å²) in [5, 5.41) is 17.8. The van der Waals surface area contributed by atoms with Crippen molar-refractivity contribution in [1.29, 1.82) is 0 Å². The van der Waals surface area contributed by atoms with E-state index in [1.54, 1.807) is 12.1 Å². The molecule has 0 aliphatic rings. The number of aliphatic carboxylic acids is 1. The lowest BCUT2D eigenvalue weighted by Crippen LogP contribution is -2.11. The maximum Gasteiger partial charge on any atom is 0.337 e. The lowest BCUT2D eigenvalue weighted by molar-refractivity contribution is -0.147. The smallest absolute Gasteiger partial charge is 0.337 e. The van der Waals surface area contributed by atoms with Crippen molar-refractivity contribution in [2.75, 3.05) is 0 Å². The summed E-state index contributed by atoms with van der Waals surface area (Å²) in [7, 11) is 0. The van der Waals surface area contributed by atoms with Gasteiger partial charge in [-0.05, 0) is 40.8 Å². The SMILES string of the molecule is O=C(O)[C@H](O)c1cc(I)ccc1Br. The number of hydrogen-bond acceptors (Lipinski definition) is 2. The molecule has 3 nitrogen and oxygen atoms in total. The van der Waals surface area contributed by atoms with Gasteiger partial charge in [0.2, 0.25) is 0 Å². The summed E-state index contributed by atoms with van der Waals surface area (Å²) in [5.74, 6) is -1.25. The van der Waals surface area contributed by atoms with Crippen LogP contribution in [-0.2, 0) is 4.79 Å². The Balaban J connectivity index is 3.12. The van der Waals surface area contributed by atoms with Gasteiger partial charge in [0.25, 0.3) is 0 Å². The van der Waals surface area contributed by atoms with Gasteiger partial charge in [-0.3, -0.25) is 0 Å². The molecule has 2 N–H and O–H groups in total. The van der Waals surface area contributed by atoms with E-state index in [1.807, 2.05) is 6.07 Å². The van der Waals surface area contributed by atoms with Gasteiger partial charge in [-0.25, -0.2) is 4.79 Å². The monoisotopic (exact) mass is 356 g/mol. The van der Waals surface area contributed by atoms with Crippen LogP contribution in [0.25, 0.3) is 0 Å². The zero-order chi connectivity index (χ0) is 10.0. The van der Waals surface area contributed by atoms with Gasteiger partial charge in [0.05, 0.1) is 0 Å². The Morgan fingerprint density at radius 1 is 1.54 bits per heavy atom. The first-order chi connectivity index (χ1) is 6.02. The molecule has 0 bridgehead atoms. The van der Waals surface area contributed by atoms with Gasteiger partial charge in [-0.1, -0.05) is 15.9 Å². The average Bonchev–Trinajstić information content (AvgIpc) is 2.08. The van der Waals surface area contributed by atoms with Gasteiger partial charge in [0.15, 0.2) is 6.10 Å². The topological polar surface area (TPSA) is 57.5 Å². The van der Waals surface area contributed by atoms with E-state index in [1.165, 1.54) is 0 Å². The molecule has 5 heteroatoms. The number of carboxylic acid groups (broad SMARTS) is 1. The van der Waals surface area contributed by atoms with Crippen LogP contribution >= 0.6 is 38.5 Å². The van der Waals surface area contributed by atoms with Gasteiger partial charge in [-0.2, -0.15) is 0 Å². The molecule has 1 aromatic rings. The van der Waals surface area contributed by atoms with Crippen LogP contribution < -0.4 is 0 Å². The molecule has 0 radical (unpaired) electrons. The van der Waals surface area contributed by atoms with Crippen LogP contribution in [0.2, 0.25) is 0 Å². The molecule has 1 rings (SSSR count).